The van der Waals surface area contributed by atoms with E-state index >= 15 is 0 Å². The number of alkyl halides is 3. The molecule has 0 saturated carbocycles. The van der Waals surface area contributed by atoms with E-state index < -0.39 is 28.4 Å². The monoisotopic (exact) mass is 488 g/mol. The fourth-order valence-corrected chi connectivity index (χ4v) is 5.39. The predicted molar refractivity (Wildman–Crippen MR) is 109 cm³/mol. The molecular formula is C20H16ClF3N2O5S. The molecule has 3 aromatic rings. The van der Waals surface area contributed by atoms with Crippen LogP contribution in [-0.4, -0.2) is 49.6 Å². The maximum absolute atomic E-state index is 13.2. The zero-order chi connectivity index (χ0) is 23.3. The largest absolute Gasteiger partial charge is 0.492 e. The van der Waals surface area contributed by atoms with Gasteiger partial charge in [-0.3, -0.25) is 4.90 Å². The lowest BCUT2D eigenvalue weighted by Gasteiger charge is -2.26. The molecule has 0 saturated heterocycles. The van der Waals surface area contributed by atoms with Crippen LogP contribution in [0.1, 0.15) is 11.8 Å². The van der Waals surface area contributed by atoms with Gasteiger partial charge in [-0.05, 0) is 37.4 Å². The topological polar surface area (TPSA) is 77.8 Å². The van der Waals surface area contributed by atoms with E-state index in [-0.39, 0.29) is 45.4 Å². The molecule has 12 heteroatoms. The summed E-state index contributed by atoms with van der Waals surface area (Å²) >= 11 is 6.29. The van der Waals surface area contributed by atoms with Crippen molar-refractivity contribution >= 4 is 38.5 Å². The van der Waals surface area contributed by atoms with Gasteiger partial charge in [0.05, 0.1) is 16.0 Å². The Hall–Kier alpha value is -2.76. The summed E-state index contributed by atoms with van der Waals surface area (Å²) in [6.07, 6.45) is -6.68. The Kier molecular flexibility index (Phi) is 5.60. The molecule has 0 radical (unpaired) electrons. The van der Waals surface area contributed by atoms with Crippen LogP contribution in [0, 0.1) is 0 Å². The van der Waals surface area contributed by atoms with Crippen molar-refractivity contribution in [3.05, 3.63) is 59.2 Å². The Bertz CT molecular complexity index is 1290. The Labute approximate surface area is 185 Å². The van der Waals surface area contributed by atoms with E-state index in [2.05, 4.69) is 0 Å². The van der Waals surface area contributed by atoms with Gasteiger partial charge in [-0.2, -0.15) is 13.2 Å². The van der Waals surface area contributed by atoms with E-state index in [1.807, 2.05) is 0 Å². The molecule has 4 rings (SSSR count). The smallest absolute Gasteiger partial charge is 0.490 e. The second kappa shape index (κ2) is 7.98. The number of aromatic nitrogens is 1. The van der Waals surface area contributed by atoms with Crippen molar-refractivity contribution in [2.45, 2.75) is 17.3 Å². The summed E-state index contributed by atoms with van der Waals surface area (Å²) in [5, 5.41) is -0.00854. The van der Waals surface area contributed by atoms with E-state index in [0.717, 1.165) is 3.97 Å². The molecule has 0 aliphatic carbocycles. The number of carbonyl (C=O) groups is 1. The molecule has 0 spiro atoms. The summed E-state index contributed by atoms with van der Waals surface area (Å²) < 4.78 is 76.5. The number of ether oxygens (including phenoxy) is 2. The molecule has 2 aromatic carbocycles. The van der Waals surface area contributed by atoms with E-state index in [0.29, 0.717) is 0 Å². The second-order valence-corrected chi connectivity index (χ2v) is 9.22. The predicted octanol–water partition coefficient (Wildman–Crippen LogP) is 3.96. The molecule has 7 nitrogen and oxygen atoms in total. The lowest BCUT2D eigenvalue weighted by atomic mass is 10.1. The van der Waals surface area contributed by atoms with Crippen molar-refractivity contribution in [1.29, 1.82) is 0 Å². The molecule has 0 fully saturated rings. The molecule has 0 N–H and O–H groups in total. The number of nitrogens with zero attached hydrogens (tertiary/aromatic N) is 2. The zero-order valence-electron chi connectivity index (χ0n) is 16.5. The van der Waals surface area contributed by atoms with Crippen LogP contribution >= 0.6 is 11.6 Å². The number of fused-ring (bicyclic) bond motifs is 3. The lowest BCUT2D eigenvalue weighted by Crippen LogP contribution is -2.34. The van der Waals surface area contributed by atoms with Crippen molar-refractivity contribution in [3.8, 4) is 5.75 Å². The van der Waals surface area contributed by atoms with E-state index in [1.54, 1.807) is 18.2 Å². The molecular weight excluding hydrogens is 473 g/mol. The van der Waals surface area contributed by atoms with Gasteiger partial charge in [-0.1, -0.05) is 29.8 Å². The molecule has 1 aliphatic rings. The highest BCUT2D eigenvalue weighted by Gasteiger charge is 2.44. The molecule has 1 aromatic heterocycles. The molecule has 2 heterocycles. The highest BCUT2D eigenvalue weighted by Crippen LogP contribution is 2.42. The lowest BCUT2D eigenvalue weighted by molar-refractivity contribution is -0.212. The average Bonchev–Trinajstić information content (AvgIpc) is 2.99. The summed E-state index contributed by atoms with van der Waals surface area (Å²) in [5.41, 5.74) is 0.175. The fourth-order valence-electron chi connectivity index (χ4n) is 3.50. The molecule has 1 atom stereocenters. The third-order valence-corrected chi connectivity index (χ3v) is 7.10. The van der Waals surface area contributed by atoms with Crippen molar-refractivity contribution < 1.29 is 35.9 Å². The van der Waals surface area contributed by atoms with Gasteiger partial charge >= 0.3 is 12.1 Å². The van der Waals surface area contributed by atoms with Gasteiger partial charge in [0.2, 0.25) is 0 Å². The Morgan fingerprint density at radius 3 is 2.53 bits per heavy atom. The summed E-state index contributed by atoms with van der Waals surface area (Å²) in [5.74, 6) is -2.21. The van der Waals surface area contributed by atoms with Crippen LogP contribution in [0.2, 0.25) is 5.15 Å². The summed E-state index contributed by atoms with van der Waals surface area (Å²) in [6, 6.07) is 11.7. The second-order valence-electron chi connectivity index (χ2n) is 7.04. The van der Waals surface area contributed by atoms with Crippen molar-refractivity contribution in [1.82, 2.24) is 8.87 Å². The first-order valence-corrected chi connectivity index (χ1v) is 11.1. The van der Waals surface area contributed by atoms with Gasteiger partial charge < -0.3 is 9.47 Å². The first-order valence-electron chi connectivity index (χ1n) is 9.27. The molecule has 1 aliphatic heterocycles. The molecule has 32 heavy (non-hydrogen) atoms. The standard InChI is InChI=1S/C20H16ClF3N2O5S/c1-25-9-10-30-15-8-7-14-13(17(15)18(25)31-19(27)20(22,23)24)11-16(21)26(14)32(28,29)12-5-3-2-4-6-12/h2-8,11,18H,9-10H2,1H3. The minimum atomic E-state index is -5.21. The van der Waals surface area contributed by atoms with Crippen molar-refractivity contribution in [3.63, 3.8) is 0 Å². The average molecular weight is 489 g/mol. The Balaban J connectivity index is 1.94. The summed E-state index contributed by atoms with van der Waals surface area (Å²) in [4.78, 5) is 13.0. The minimum Gasteiger partial charge on any atom is -0.492 e. The fraction of sp³-hybridized carbons (Fsp3) is 0.250. The first kappa shape index (κ1) is 22.4. The molecule has 0 bridgehead atoms. The highest BCUT2D eigenvalue weighted by molar-refractivity contribution is 7.90. The third-order valence-electron chi connectivity index (χ3n) is 4.98. The van der Waals surface area contributed by atoms with Gasteiger partial charge in [-0.25, -0.2) is 17.2 Å². The van der Waals surface area contributed by atoms with Crippen molar-refractivity contribution in [2.24, 2.45) is 0 Å². The number of halogens is 4. The Morgan fingerprint density at radius 1 is 1.19 bits per heavy atom. The van der Waals surface area contributed by atoms with Crippen molar-refractivity contribution in [2.75, 3.05) is 20.2 Å². The SMILES string of the molecule is CN1CCOc2ccc3c(cc(Cl)n3S(=O)(=O)c3ccccc3)c2C1OC(=O)C(F)(F)F. The van der Waals surface area contributed by atoms with Crippen LogP contribution in [0.3, 0.4) is 0 Å². The van der Waals surface area contributed by atoms with Crippen LogP contribution in [-0.2, 0) is 19.6 Å². The van der Waals surface area contributed by atoms with Crippen LogP contribution in [0.4, 0.5) is 13.2 Å². The van der Waals surface area contributed by atoms with Gasteiger partial charge in [-0.15, -0.1) is 0 Å². The number of rotatable bonds is 3. The number of benzene rings is 2. The Morgan fingerprint density at radius 2 is 1.88 bits per heavy atom. The van der Waals surface area contributed by atoms with Crippen LogP contribution in [0.15, 0.2) is 53.4 Å². The molecule has 170 valence electrons. The van der Waals surface area contributed by atoms with Crippen LogP contribution < -0.4 is 4.74 Å². The van der Waals surface area contributed by atoms with E-state index in [9.17, 15) is 26.4 Å². The van der Waals surface area contributed by atoms with Crippen LogP contribution in [0.5, 0.6) is 5.75 Å². The number of hydrogen-bond donors (Lipinski definition) is 0. The quantitative estimate of drug-likeness (QED) is 0.519. The normalized spacial score (nSPS) is 17.5. The number of carbonyl (C=O) groups excluding carboxylic acids is 1. The molecule has 0 amide bonds. The summed E-state index contributed by atoms with van der Waals surface area (Å²) in [6.45, 7) is 0.272. The summed E-state index contributed by atoms with van der Waals surface area (Å²) in [7, 11) is -2.66. The highest BCUT2D eigenvalue weighted by atomic mass is 35.5. The van der Waals surface area contributed by atoms with Crippen LogP contribution in [0.25, 0.3) is 10.9 Å². The number of likely N-dealkylation sites (N-methyl/N-ethyl adjacent to an activating group) is 1. The van der Waals surface area contributed by atoms with Gasteiger partial charge in [0.25, 0.3) is 10.0 Å². The van der Waals surface area contributed by atoms with Gasteiger partial charge in [0.15, 0.2) is 6.23 Å². The molecule has 1 unspecified atom stereocenters. The number of hydrogen-bond acceptors (Lipinski definition) is 6. The first-order chi connectivity index (χ1) is 15.0. The van der Waals surface area contributed by atoms with E-state index in [4.69, 9.17) is 21.1 Å². The minimum absolute atomic E-state index is 0.0252. The number of esters is 1. The third kappa shape index (κ3) is 3.80. The maximum atomic E-state index is 13.2. The maximum Gasteiger partial charge on any atom is 0.490 e. The van der Waals surface area contributed by atoms with E-state index in [1.165, 1.54) is 42.3 Å². The zero-order valence-corrected chi connectivity index (χ0v) is 18.0. The van der Waals surface area contributed by atoms with Gasteiger partial charge in [0.1, 0.15) is 17.5 Å². The van der Waals surface area contributed by atoms with Gasteiger partial charge in [0, 0.05) is 11.9 Å².